The van der Waals surface area contributed by atoms with Crippen molar-refractivity contribution < 1.29 is 19.4 Å². The molecule has 0 heterocycles. The molecule has 0 aliphatic rings. The molecule has 0 spiro atoms. The van der Waals surface area contributed by atoms with Crippen LogP contribution >= 0.6 is 15.9 Å². The number of hydrogen-bond donors (Lipinski definition) is 2. The second kappa shape index (κ2) is 7.28. The van der Waals surface area contributed by atoms with Crippen LogP contribution in [0.3, 0.4) is 0 Å². The summed E-state index contributed by atoms with van der Waals surface area (Å²) >= 11 is 3.31. The fraction of sp³-hybridized carbons (Fsp3) is 0.176. The van der Waals surface area contributed by atoms with Gasteiger partial charge in [0.2, 0.25) is 0 Å². The number of carbonyl (C=O) groups is 2. The number of anilines is 1. The molecule has 0 radical (unpaired) electrons. The van der Waals surface area contributed by atoms with Gasteiger partial charge in [0.1, 0.15) is 11.3 Å². The summed E-state index contributed by atoms with van der Waals surface area (Å²) in [6.45, 7) is 3.26. The minimum Gasteiger partial charge on any atom is -0.507 e. The fourth-order valence-corrected chi connectivity index (χ4v) is 2.30. The van der Waals surface area contributed by atoms with Crippen LogP contribution in [0.1, 0.15) is 22.8 Å². The first-order valence-electron chi connectivity index (χ1n) is 6.94. The van der Waals surface area contributed by atoms with E-state index in [1.165, 1.54) is 19.1 Å². The lowest BCUT2D eigenvalue weighted by Gasteiger charge is -2.14. The molecule has 6 heteroatoms. The zero-order valence-electron chi connectivity index (χ0n) is 12.7. The Morgan fingerprint density at radius 1 is 1.22 bits per heavy atom. The Bertz CT molecular complexity index is 745. The largest absolute Gasteiger partial charge is 0.507 e. The number of ether oxygens (including phenoxy) is 1. The van der Waals surface area contributed by atoms with Gasteiger partial charge in [-0.05, 0) is 44.2 Å². The monoisotopic (exact) mass is 377 g/mol. The lowest BCUT2D eigenvalue weighted by molar-refractivity contribution is -0.123. The molecular weight excluding hydrogens is 362 g/mol. The number of aryl methyl sites for hydroxylation is 1. The van der Waals surface area contributed by atoms with E-state index in [2.05, 4.69) is 21.2 Å². The van der Waals surface area contributed by atoms with Gasteiger partial charge < -0.3 is 15.2 Å². The molecule has 2 N–H and O–H groups in total. The van der Waals surface area contributed by atoms with Gasteiger partial charge in [0, 0.05) is 10.2 Å². The number of benzene rings is 2. The number of hydrogen-bond acceptors (Lipinski definition) is 4. The first kappa shape index (κ1) is 17.0. The second-order valence-corrected chi connectivity index (χ2v) is 5.98. The number of halogens is 1. The summed E-state index contributed by atoms with van der Waals surface area (Å²) in [5.74, 6) is -1.38. The Kier molecular flexibility index (Phi) is 5.39. The van der Waals surface area contributed by atoms with Crippen LogP contribution in [0.25, 0.3) is 0 Å². The summed E-state index contributed by atoms with van der Waals surface area (Å²) in [7, 11) is 0. The quantitative estimate of drug-likeness (QED) is 0.797. The normalized spacial score (nSPS) is 11.6. The van der Waals surface area contributed by atoms with Gasteiger partial charge in [-0.1, -0.05) is 33.6 Å². The van der Waals surface area contributed by atoms with Crippen LogP contribution in [0, 0.1) is 6.92 Å². The fourth-order valence-electron chi connectivity index (χ4n) is 1.90. The molecule has 0 aliphatic carbocycles. The number of nitrogens with one attached hydrogen (secondary N) is 1. The van der Waals surface area contributed by atoms with Gasteiger partial charge in [0.05, 0.1) is 0 Å². The van der Waals surface area contributed by atoms with Gasteiger partial charge >= 0.3 is 5.97 Å². The van der Waals surface area contributed by atoms with E-state index < -0.39 is 18.0 Å². The van der Waals surface area contributed by atoms with E-state index >= 15 is 0 Å². The molecule has 23 heavy (non-hydrogen) atoms. The minimum absolute atomic E-state index is 0.0344. The Labute approximate surface area is 142 Å². The molecule has 0 saturated carbocycles. The molecule has 120 valence electrons. The van der Waals surface area contributed by atoms with Crippen molar-refractivity contribution in [3.8, 4) is 5.75 Å². The van der Waals surface area contributed by atoms with Gasteiger partial charge in [-0.2, -0.15) is 0 Å². The summed E-state index contributed by atoms with van der Waals surface area (Å²) in [6, 6.07) is 11.7. The molecule has 0 saturated heterocycles. The van der Waals surface area contributed by atoms with E-state index in [9.17, 15) is 14.7 Å². The average molecular weight is 378 g/mol. The van der Waals surface area contributed by atoms with Crippen LogP contribution in [0.5, 0.6) is 5.75 Å². The lowest BCUT2D eigenvalue weighted by atomic mass is 10.1. The number of amides is 1. The van der Waals surface area contributed by atoms with Crippen LogP contribution in [0.2, 0.25) is 0 Å². The standard InChI is InChI=1S/C17H16BrNO4/c1-10-6-7-15(20)14(8-10)17(22)23-11(2)16(21)19-13-5-3-4-12(18)9-13/h3-9,11,20H,1-2H3,(H,19,21)/t11-/m1/s1. The van der Waals surface area contributed by atoms with Gasteiger partial charge in [-0.25, -0.2) is 4.79 Å². The van der Waals surface area contributed by atoms with Crippen molar-refractivity contribution in [1.29, 1.82) is 0 Å². The van der Waals surface area contributed by atoms with Crippen LogP contribution in [-0.2, 0) is 9.53 Å². The van der Waals surface area contributed by atoms with Crippen molar-refractivity contribution in [2.45, 2.75) is 20.0 Å². The number of carbonyl (C=O) groups excluding carboxylic acids is 2. The van der Waals surface area contributed by atoms with E-state index in [0.717, 1.165) is 10.0 Å². The zero-order valence-corrected chi connectivity index (χ0v) is 14.3. The first-order valence-corrected chi connectivity index (χ1v) is 7.73. The van der Waals surface area contributed by atoms with Gasteiger partial charge in [-0.3, -0.25) is 4.79 Å². The van der Waals surface area contributed by atoms with E-state index in [-0.39, 0.29) is 11.3 Å². The third kappa shape index (κ3) is 4.56. The number of phenols is 1. The van der Waals surface area contributed by atoms with Crippen molar-refractivity contribution in [3.63, 3.8) is 0 Å². The highest BCUT2D eigenvalue weighted by atomic mass is 79.9. The summed E-state index contributed by atoms with van der Waals surface area (Å²) in [5.41, 5.74) is 1.43. The third-order valence-corrected chi connectivity index (χ3v) is 3.61. The van der Waals surface area contributed by atoms with Crippen LogP contribution in [0.4, 0.5) is 5.69 Å². The maximum Gasteiger partial charge on any atom is 0.342 e. The summed E-state index contributed by atoms with van der Waals surface area (Å²) in [4.78, 5) is 24.1. The Morgan fingerprint density at radius 2 is 1.96 bits per heavy atom. The Balaban J connectivity index is 2.03. The molecule has 0 fully saturated rings. The van der Waals surface area contributed by atoms with Gasteiger partial charge in [0.15, 0.2) is 6.10 Å². The Morgan fingerprint density at radius 3 is 2.65 bits per heavy atom. The highest BCUT2D eigenvalue weighted by Gasteiger charge is 2.21. The van der Waals surface area contributed by atoms with E-state index in [4.69, 9.17) is 4.74 Å². The third-order valence-electron chi connectivity index (χ3n) is 3.12. The van der Waals surface area contributed by atoms with Crippen molar-refractivity contribution in [2.24, 2.45) is 0 Å². The second-order valence-electron chi connectivity index (χ2n) is 5.07. The van der Waals surface area contributed by atoms with Gasteiger partial charge in [-0.15, -0.1) is 0 Å². The molecule has 0 bridgehead atoms. The van der Waals surface area contributed by atoms with E-state index in [1.807, 2.05) is 6.07 Å². The molecule has 1 atom stereocenters. The molecule has 0 unspecified atom stereocenters. The van der Waals surface area contributed by atoms with E-state index in [0.29, 0.717) is 5.69 Å². The highest BCUT2D eigenvalue weighted by Crippen LogP contribution is 2.20. The number of phenolic OH excluding ortho intramolecular Hbond substituents is 1. The smallest absolute Gasteiger partial charge is 0.342 e. The molecule has 2 aromatic carbocycles. The van der Waals surface area contributed by atoms with Crippen LogP contribution in [-0.4, -0.2) is 23.1 Å². The number of aromatic hydroxyl groups is 1. The molecule has 2 rings (SSSR count). The highest BCUT2D eigenvalue weighted by molar-refractivity contribution is 9.10. The molecule has 5 nitrogen and oxygen atoms in total. The van der Waals surface area contributed by atoms with Crippen LogP contribution < -0.4 is 5.32 Å². The predicted octanol–water partition coefficient (Wildman–Crippen LogP) is 3.65. The summed E-state index contributed by atoms with van der Waals surface area (Å²) in [5, 5.41) is 12.4. The SMILES string of the molecule is Cc1ccc(O)c(C(=O)O[C@H](C)C(=O)Nc2cccc(Br)c2)c1. The van der Waals surface area contributed by atoms with Crippen LogP contribution in [0.15, 0.2) is 46.9 Å². The maximum absolute atomic E-state index is 12.1. The number of esters is 1. The molecule has 1 amide bonds. The minimum atomic E-state index is -0.999. The predicted molar refractivity (Wildman–Crippen MR) is 90.5 cm³/mol. The van der Waals surface area contributed by atoms with Gasteiger partial charge in [0.25, 0.3) is 5.91 Å². The van der Waals surface area contributed by atoms with Crippen molar-refractivity contribution in [3.05, 3.63) is 58.1 Å². The molecule has 0 aliphatic heterocycles. The average Bonchev–Trinajstić information content (AvgIpc) is 2.49. The zero-order chi connectivity index (χ0) is 17.0. The number of rotatable bonds is 4. The molecular formula is C17H16BrNO4. The topological polar surface area (TPSA) is 75.6 Å². The van der Waals surface area contributed by atoms with Crippen molar-refractivity contribution in [1.82, 2.24) is 0 Å². The Hall–Kier alpha value is -2.34. The molecule has 2 aromatic rings. The van der Waals surface area contributed by atoms with Crippen molar-refractivity contribution >= 4 is 33.5 Å². The molecule has 0 aromatic heterocycles. The lowest BCUT2D eigenvalue weighted by Crippen LogP contribution is -2.30. The summed E-state index contributed by atoms with van der Waals surface area (Å²) in [6.07, 6.45) is -0.999. The maximum atomic E-state index is 12.1. The van der Waals surface area contributed by atoms with E-state index in [1.54, 1.807) is 31.2 Å². The summed E-state index contributed by atoms with van der Waals surface area (Å²) < 4.78 is 5.94. The van der Waals surface area contributed by atoms with Crippen molar-refractivity contribution in [2.75, 3.05) is 5.32 Å². The first-order chi connectivity index (χ1) is 10.9.